The van der Waals surface area contributed by atoms with Gasteiger partial charge in [-0.1, -0.05) is 48.6 Å². The van der Waals surface area contributed by atoms with Crippen LogP contribution < -0.4 is 14.8 Å². The molecule has 0 radical (unpaired) electrons. The Kier molecular flexibility index (Phi) is 7.04. The van der Waals surface area contributed by atoms with Crippen molar-refractivity contribution in [2.75, 3.05) is 12.4 Å². The van der Waals surface area contributed by atoms with Crippen molar-refractivity contribution >= 4 is 32.4 Å². The topological polar surface area (TPSA) is 110 Å². The first-order chi connectivity index (χ1) is 14.7. The van der Waals surface area contributed by atoms with Crippen LogP contribution in [0.2, 0.25) is 0 Å². The van der Waals surface area contributed by atoms with Crippen molar-refractivity contribution in [3.63, 3.8) is 0 Å². The molecule has 1 amide bonds. The highest BCUT2D eigenvalue weighted by molar-refractivity contribution is 7.91. The van der Waals surface area contributed by atoms with Crippen molar-refractivity contribution in [3.8, 4) is 5.75 Å². The van der Waals surface area contributed by atoms with Crippen LogP contribution >= 0.6 is 11.3 Å². The summed E-state index contributed by atoms with van der Waals surface area (Å²) >= 11 is 0.801. The molecule has 0 aliphatic heterocycles. The normalized spacial score (nSPS) is 12.4. The van der Waals surface area contributed by atoms with Gasteiger partial charge in [-0.05, 0) is 49.1 Å². The molecule has 10 heteroatoms. The lowest BCUT2D eigenvalue weighted by molar-refractivity contribution is 0.102. The average molecular weight is 461 g/mol. The zero-order chi connectivity index (χ0) is 22.6. The maximum Gasteiger partial charge on any atom is 0.270 e. The number of anilines is 1. The summed E-state index contributed by atoms with van der Waals surface area (Å²) in [5.41, 5.74) is 3.03. The first-order valence-electron chi connectivity index (χ1n) is 9.62. The first-order valence-corrected chi connectivity index (χ1v) is 11.9. The Morgan fingerprint density at radius 3 is 2.52 bits per heavy atom. The van der Waals surface area contributed by atoms with Gasteiger partial charge in [-0.25, -0.2) is 13.1 Å². The van der Waals surface area contributed by atoms with Crippen molar-refractivity contribution in [2.45, 2.75) is 37.6 Å². The second kappa shape index (κ2) is 9.54. The number of carbonyl (C=O) groups is 1. The monoisotopic (exact) mass is 460 g/mol. The summed E-state index contributed by atoms with van der Waals surface area (Å²) in [6, 6.07) is 12.2. The molecule has 2 N–H and O–H groups in total. The number of methoxy groups -OCH3 is 1. The summed E-state index contributed by atoms with van der Waals surface area (Å²) in [7, 11) is -2.33. The molecule has 0 aliphatic rings. The Balaban J connectivity index is 1.76. The lowest BCUT2D eigenvalue weighted by atomic mass is 10.0. The summed E-state index contributed by atoms with van der Waals surface area (Å²) in [5.74, 6) is 0.367. The van der Waals surface area contributed by atoms with Crippen molar-refractivity contribution in [1.82, 2.24) is 14.9 Å². The average Bonchev–Trinajstić information content (AvgIpc) is 3.21. The number of aryl methyl sites for hydroxylation is 2. The van der Waals surface area contributed by atoms with Crippen LogP contribution in [0, 0.1) is 13.8 Å². The van der Waals surface area contributed by atoms with E-state index in [4.69, 9.17) is 4.74 Å². The first kappa shape index (κ1) is 22.9. The third-order valence-corrected chi connectivity index (χ3v) is 7.45. The van der Waals surface area contributed by atoms with E-state index < -0.39 is 16.1 Å². The number of aromatic nitrogens is 2. The molecule has 164 valence electrons. The summed E-state index contributed by atoms with van der Waals surface area (Å²) in [6.45, 7) is 5.61. The van der Waals surface area contributed by atoms with Crippen LogP contribution in [0.25, 0.3) is 0 Å². The number of carbonyl (C=O) groups excluding carboxylic acids is 1. The smallest absolute Gasteiger partial charge is 0.270 e. The number of nitrogens with zero attached hydrogens (tertiary/aromatic N) is 2. The fraction of sp³-hybridized carbons (Fsp3) is 0.286. The Morgan fingerprint density at radius 2 is 1.87 bits per heavy atom. The highest BCUT2D eigenvalue weighted by Crippen LogP contribution is 2.27. The van der Waals surface area contributed by atoms with E-state index in [1.807, 2.05) is 51.1 Å². The maximum absolute atomic E-state index is 12.9. The highest BCUT2D eigenvalue weighted by atomic mass is 32.2. The van der Waals surface area contributed by atoms with Gasteiger partial charge in [-0.15, -0.1) is 10.2 Å². The van der Waals surface area contributed by atoms with Crippen molar-refractivity contribution in [3.05, 3.63) is 64.7 Å². The second-order valence-corrected chi connectivity index (χ2v) is 9.82. The molecule has 8 nitrogen and oxygen atoms in total. The van der Waals surface area contributed by atoms with Crippen molar-refractivity contribution in [2.24, 2.45) is 0 Å². The van der Waals surface area contributed by atoms with E-state index >= 15 is 0 Å². The van der Waals surface area contributed by atoms with Gasteiger partial charge < -0.3 is 4.74 Å². The van der Waals surface area contributed by atoms with Gasteiger partial charge in [-0.2, -0.15) is 0 Å². The number of hydrogen-bond donors (Lipinski definition) is 2. The van der Waals surface area contributed by atoms with Crippen LogP contribution in [0.5, 0.6) is 5.75 Å². The maximum atomic E-state index is 12.9. The summed E-state index contributed by atoms with van der Waals surface area (Å²) in [4.78, 5) is 12.4. The third-order valence-electron chi connectivity index (χ3n) is 4.77. The molecule has 3 rings (SSSR count). The van der Waals surface area contributed by atoms with E-state index in [0.29, 0.717) is 12.0 Å². The van der Waals surface area contributed by atoms with Crippen LogP contribution in [0.4, 0.5) is 5.13 Å². The summed E-state index contributed by atoms with van der Waals surface area (Å²) in [6.07, 6.45) is 0.542. The highest BCUT2D eigenvalue weighted by Gasteiger charge is 2.25. The van der Waals surface area contributed by atoms with Gasteiger partial charge in [-0.3, -0.25) is 10.1 Å². The molecular formula is C21H24N4O4S2. The van der Waals surface area contributed by atoms with Crippen LogP contribution in [0.15, 0.2) is 46.8 Å². The van der Waals surface area contributed by atoms with Gasteiger partial charge >= 0.3 is 0 Å². The Bertz CT molecular complexity index is 1190. The zero-order valence-corrected chi connectivity index (χ0v) is 19.3. The third kappa shape index (κ3) is 5.27. The molecule has 0 aliphatic carbocycles. The number of benzene rings is 2. The Hall–Kier alpha value is -2.82. The molecule has 31 heavy (non-hydrogen) atoms. The van der Waals surface area contributed by atoms with Gasteiger partial charge in [0.1, 0.15) is 5.75 Å². The minimum Gasteiger partial charge on any atom is -0.496 e. The van der Waals surface area contributed by atoms with Crippen molar-refractivity contribution < 1.29 is 17.9 Å². The standard InChI is InChI=1S/C21H24N4O4S2/c1-5-17(15-10-11-18(29-4)14(3)12-15)25-31(27,28)21-24-23-20(30-21)22-19(26)16-9-7-6-8-13(16)2/h6-12,17,25H,5H2,1-4H3,(H,22,23,26)/t17-/m0/s1. The molecule has 1 atom stereocenters. The molecule has 1 heterocycles. The van der Waals surface area contributed by atoms with E-state index in [1.54, 1.807) is 19.2 Å². The van der Waals surface area contributed by atoms with E-state index in [-0.39, 0.29) is 15.4 Å². The van der Waals surface area contributed by atoms with E-state index in [9.17, 15) is 13.2 Å². The molecule has 0 spiro atoms. The second-order valence-electron chi connectivity index (χ2n) is 6.95. The van der Waals surface area contributed by atoms with Crippen LogP contribution in [0.3, 0.4) is 0 Å². The number of hydrogen-bond acceptors (Lipinski definition) is 7. The molecule has 0 saturated carbocycles. The van der Waals surface area contributed by atoms with E-state index in [1.165, 1.54) is 0 Å². The minimum atomic E-state index is -3.92. The number of nitrogens with one attached hydrogen (secondary N) is 2. The van der Waals surface area contributed by atoms with Gasteiger partial charge in [0, 0.05) is 11.6 Å². The molecule has 0 unspecified atom stereocenters. The molecule has 2 aromatic carbocycles. The SMILES string of the molecule is CC[C@H](NS(=O)(=O)c1nnc(NC(=O)c2ccccc2C)s1)c1ccc(OC)c(C)c1. The molecule has 1 aromatic heterocycles. The number of sulfonamides is 1. The molecule has 0 saturated heterocycles. The molecule has 3 aromatic rings. The lowest BCUT2D eigenvalue weighted by Crippen LogP contribution is -2.28. The van der Waals surface area contributed by atoms with Crippen molar-refractivity contribution in [1.29, 1.82) is 0 Å². The molecule has 0 fully saturated rings. The number of rotatable bonds is 8. The Morgan fingerprint density at radius 1 is 1.13 bits per heavy atom. The number of ether oxygens (including phenoxy) is 1. The summed E-state index contributed by atoms with van der Waals surface area (Å²) in [5, 5.41) is 10.3. The largest absolute Gasteiger partial charge is 0.496 e. The van der Waals surface area contributed by atoms with Gasteiger partial charge in [0.05, 0.1) is 7.11 Å². The van der Waals surface area contributed by atoms with E-state index in [2.05, 4.69) is 20.2 Å². The fourth-order valence-corrected chi connectivity index (χ4v) is 5.32. The fourth-order valence-electron chi connectivity index (χ4n) is 3.10. The Labute approximate surface area is 185 Å². The van der Waals surface area contributed by atoms with Gasteiger partial charge in [0.25, 0.3) is 15.9 Å². The number of amides is 1. The van der Waals surface area contributed by atoms with Crippen LogP contribution in [0.1, 0.15) is 46.4 Å². The van der Waals surface area contributed by atoms with Crippen LogP contribution in [-0.4, -0.2) is 31.6 Å². The molecular weight excluding hydrogens is 436 g/mol. The quantitative estimate of drug-likeness (QED) is 0.494. The van der Waals surface area contributed by atoms with E-state index in [0.717, 1.165) is 33.8 Å². The zero-order valence-electron chi connectivity index (χ0n) is 17.7. The van der Waals surface area contributed by atoms with Gasteiger partial charge in [0.15, 0.2) is 0 Å². The summed E-state index contributed by atoms with van der Waals surface area (Å²) < 4.78 is 33.5. The lowest BCUT2D eigenvalue weighted by Gasteiger charge is -2.17. The molecule has 0 bridgehead atoms. The minimum absolute atomic E-state index is 0.113. The predicted molar refractivity (Wildman–Crippen MR) is 120 cm³/mol. The predicted octanol–water partition coefficient (Wildman–Crippen LogP) is 3.85. The van der Waals surface area contributed by atoms with Gasteiger partial charge in [0.2, 0.25) is 9.47 Å². The van der Waals surface area contributed by atoms with Crippen LogP contribution in [-0.2, 0) is 10.0 Å².